The molecule has 1 aromatic heterocycles. The largest absolute Gasteiger partial charge is 0.454 e. The zero-order valence-electron chi connectivity index (χ0n) is 16.6. The zero-order valence-corrected chi connectivity index (χ0v) is 17.4. The molecule has 0 saturated carbocycles. The second kappa shape index (κ2) is 8.34. The molecule has 0 radical (unpaired) electrons. The summed E-state index contributed by atoms with van der Waals surface area (Å²) in [6.07, 6.45) is 2.21. The maximum absolute atomic E-state index is 13.0. The van der Waals surface area contributed by atoms with Gasteiger partial charge in [0.1, 0.15) is 0 Å². The lowest BCUT2D eigenvalue weighted by atomic mass is 10.0. The minimum absolute atomic E-state index is 0.257. The first-order chi connectivity index (χ1) is 14.3. The normalized spacial score (nSPS) is 22.3. The highest BCUT2D eigenvalue weighted by atomic mass is 32.1. The maximum Gasteiger partial charge on any atom is 0.236 e. The third kappa shape index (κ3) is 4.13. The number of piperazine rings is 1. The highest BCUT2D eigenvalue weighted by Gasteiger charge is 2.31. The first-order valence-electron chi connectivity index (χ1n) is 10.4. The molecule has 1 amide bonds. The molecule has 7 heteroatoms. The van der Waals surface area contributed by atoms with Gasteiger partial charge in [0.25, 0.3) is 0 Å². The number of carbonyl (C=O) groups excluding carboxylic acids is 1. The summed E-state index contributed by atoms with van der Waals surface area (Å²) in [7, 11) is 0. The van der Waals surface area contributed by atoms with Crippen LogP contribution in [0.2, 0.25) is 0 Å². The molecule has 0 N–H and O–H groups in total. The second-order valence-corrected chi connectivity index (χ2v) is 8.81. The summed E-state index contributed by atoms with van der Waals surface area (Å²) in [5, 5.41) is 4.34. The van der Waals surface area contributed by atoms with E-state index in [2.05, 4.69) is 38.8 Å². The average molecular weight is 414 g/mol. The van der Waals surface area contributed by atoms with Crippen LogP contribution in [0.5, 0.6) is 11.5 Å². The van der Waals surface area contributed by atoms with E-state index in [1.54, 1.807) is 11.3 Å². The van der Waals surface area contributed by atoms with Crippen LogP contribution in [-0.4, -0.2) is 66.7 Å². The number of fused-ring (bicyclic) bond motifs is 1. The summed E-state index contributed by atoms with van der Waals surface area (Å²) in [5.41, 5.74) is 2.60. The summed E-state index contributed by atoms with van der Waals surface area (Å²) in [5.74, 6) is 1.89. The Kier molecular flexibility index (Phi) is 5.44. The zero-order chi connectivity index (χ0) is 19.6. The van der Waals surface area contributed by atoms with Crippen LogP contribution >= 0.6 is 11.3 Å². The molecule has 3 aliphatic heterocycles. The number of ether oxygens (including phenoxy) is 2. The highest BCUT2D eigenvalue weighted by Crippen LogP contribution is 2.38. The molecule has 6 nitrogen and oxygen atoms in total. The Morgan fingerprint density at radius 1 is 1.07 bits per heavy atom. The molecule has 1 aromatic carbocycles. The van der Waals surface area contributed by atoms with Gasteiger partial charge in [-0.05, 0) is 59.5 Å². The van der Waals surface area contributed by atoms with E-state index in [0.717, 1.165) is 63.6 Å². The molecule has 2 aromatic rings. The molecular weight excluding hydrogens is 386 g/mol. The van der Waals surface area contributed by atoms with Crippen LogP contribution in [0.4, 0.5) is 0 Å². The van der Waals surface area contributed by atoms with Gasteiger partial charge in [0, 0.05) is 38.8 Å². The van der Waals surface area contributed by atoms with Gasteiger partial charge in [-0.25, -0.2) is 0 Å². The standard InChI is InChI=1S/C22H27N3O3S/c26-22(24-9-7-23(8-10-24)13-17-5-11-29-15-17)14-25-6-1-2-19(25)18-3-4-20-21(12-18)28-16-27-20/h3-5,11-12,15,19H,1-2,6-10,13-14,16H2. The van der Waals surface area contributed by atoms with Crippen molar-refractivity contribution in [2.45, 2.75) is 25.4 Å². The van der Waals surface area contributed by atoms with E-state index >= 15 is 0 Å². The van der Waals surface area contributed by atoms with E-state index in [0.29, 0.717) is 13.3 Å². The Morgan fingerprint density at radius 3 is 2.76 bits per heavy atom. The molecular formula is C22H27N3O3S. The monoisotopic (exact) mass is 413 g/mol. The first-order valence-corrected chi connectivity index (χ1v) is 11.4. The van der Waals surface area contributed by atoms with E-state index in [4.69, 9.17) is 9.47 Å². The third-order valence-corrected chi connectivity index (χ3v) is 6.93. The van der Waals surface area contributed by atoms with Crippen LogP contribution in [0, 0.1) is 0 Å². The van der Waals surface area contributed by atoms with Crippen LogP contribution in [0.25, 0.3) is 0 Å². The predicted molar refractivity (Wildman–Crippen MR) is 112 cm³/mol. The fraction of sp³-hybridized carbons (Fsp3) is 0.500. The SMILES string of the molecule is O=C(CN1CCCC1c1ccc2c(c1)OCO2)N1CCN(Cc2ccsc2)CC1. The van der Waals surface area contributed by atoms with Gasteiger partial charge in [0.05, 0.1) is 6.54 Å². The molecule has 3 aliphatic rings. The Labute approximate surface area is 175 Å². The Morgan fingerprint density at radius 2 is 1.93 bits per heavy atom. The number of likely N-dealkylation sites (tertiary alicyclic amines) is 1. The number of benzene rings is 1. The molecule has 0 aliphatic carbocycles. The first kappa shape index (κ1) is 18.9. The molecule has 29 heavy (non-hydrogen) atoms. The van der Waals surface area contributed by atoms with Gasteiger partial charge in [-0.3, -0.25) is 14.6 Å². The lowest BCUT2D eigenvalue weighted by Crippen LogP contribution is -2.50. The fourth-order valence-corrected chi connectivity index (χ4v) is 5.24. The summed E-state index contributed by atoms with van der Waals surface area (Å²) in [6, 6.07) is 8.66. The smallest absolute Gasteiger partial charge is 0.236 e. The molecule has 1 unspecified atom stereocenters. The molecule has 1 atom stereocenters. The van der Waals surface area contributed by atoms with E-state index in [-0.39, 0.29) is 11.9 Å². The fourth-order valence-electron chi connectivity index (χ4n) is 4.58. The number of amides is 1. The lowest BCUT2D eigenvalue weighted by molar-refractivity contribution is -0.134. The summed E-state index contributed by atoms with van der Waals surface area (Å²) < 4.78 is 11.0. The molecule has 0 bridgehead atoms. The van der Waals surface area contributed by atoms with Crippen molar-refractivity contribution in [1.82, 2.24) is 14.7 Å². The van der Waals surface area contributed by atoms with E-state index in [9.17, 15) is 4.79 Å². The van der Waals surface area contributed by atoms with Gasteiger partial charge >= 0.3 is 0 Å². The molecule has 0 spiro atoms. The van der Waals surface area contributed by atoms with Crippen LogP contribution in [-0.2, 0) is 11.3 Å². The number of thiophene rings is 1. The van der Waals surface area contributed by atoms with Crippen LogP contribution in [0.15, 0.2) is 35.0 Å². The van der Waals surface area contributed by atoms with Gasteiger partial charge in [-0.2, -0.15) is 11.3 Å². The minimum atomic E-state index is 0.257. The van der Waals surface area contributed by atoms with Crippen molar-refractivity contribution in [2.24, 2.45) is 0 Å². The van der Waals surface area contributed by atoms with Crippen LogP contribution in [0.1, 0.15) is 30.0 Å². The van der Waals surface area contributed by atoms with Crippen molar-refractivity contribution in [3.63, 3.8) is 0 Å². The highest BCUT2D eigenvalue weighted by molar-refractivity contribution is 7.07. The summed E-state index contributed by atoms with van der Waals surface area (Å²) in [4.78, 5) is 19.8. The topological polar surface area (TPSA) is 45.3 Å². The van der Waals surface area contributed by atoms with Crippen LogP contribution in [0.3, 0.4) is 0 Å². The van der Waals surface area contributed by atoms with Crippen molar-refractivity contribution in [3.8, 4) is 11.5 Å². The predicted octanol–water partition coefficient (Wildman–Crippen LogP) is 2.96. The molecule has 2 saturated heterocycles. The number of hydrogen-bond donors (Lipinski definition) is 0. The quantitative estimate of drug-likeness (QED) is 0.754. The summed E-state index contributed by atoms with van der Waals surface area (Å²) >= 11 is 1.74. The van der Waals surface area contributed by atoms with Crippen molar-refractivity contribution in [2.75, 3.05) is 46.1 Å². The third-order valence-electron chi connectivity index (χ3n) is 6.19. The van der Waals surface area contributed by atoms with E-state index in [1.807, 2.05) is 11.0 Å². The molecule has 154 valence electrons. The number of hydrogen-bond acceptors (Lipinski definition) is 6. The number of rotatable bonds is 5. The van der Waals surface area contributed by atoms with Crippen molar-refractivity contribution >= 4 is 17.2 Å². The lowest BCUT2D eigenvalue weighted by Gasteiger charge is -2.36. The Balaban J connectivity index is 1.16. The second-order valence-electron chi connectivity index (χ2n) is 8.03. The van der Waals surface area contributed by atoms with Gasteiger partial charge in [-0.1, -0.05) is 6.07 Å². The maximum atomic E-state index is 13.0. The summed E-state index contributed by atoms with van der Waals surface area (Å²) in [6.45, 7) is 6.32. The van der Waals surface area contributed by atoms with Crippen LogP contribution < -0.4 is 9.47 Å². The average Bonchev–Trinajstić information content (AvgIpc) is 3.50. The van der Waals surface area contributed by atoms with Crippen molar-refractivity contribution in [1.29, 1.82) is 0 Å². The Bertz CT molecular complexity index is 849. The van der Waals surface area contributed by atoms with Gasteiger partial charge in [0.15, 0.2) is 11.5 Å². The molecule has 4 heterocycles. The van der Waals surface area contributed by atoms with Crippen molar-refractivity contribution < 1.29 is 14.3 Å². The van der Waals surface area contributed by atoms with E-state index in [1.165, 1.54) is 11.1 Å². The molecule has 5 rings (SSSR count). The van der Waals surface area contributed by atoms with E-state index < -0.39 is 0 Å². The number of carbonyl (C=O) groups is 1. The van der Waals surface area contributed by atoms with Gasteiger partial charge in [0.2, 0.25) is 12.7 Å². The van der Waals surface area contributed by atoms with Crippen molar-refractivity contribution in [3.05, 3.63) is 46.2 Å². The molecule has 2 fully saturated rings. The Hall–Kier alpha value is -2.09. The number of nitrogens with zero attached hydrogens (tertiary/aromatic N) is 3. The van der Waals surface area contributed by atoms with Gasteiger partial charge < -0.3 is 14.4 Å². The minimum Gasteiger partial charge on any atom is -0.454 e. The van der Waals surface area contributed by atoms with Gasteiger partial charge in [-0.15, -0.1) is 0 Å².